The Morgan fingerprint density at radius 2 is 1.94 bits per heavy atom. The van der Waals surface area contributed by atoms with E-state index < -0.39 is 0 Å². The summed E-state index contributed by atoms with van der Waals surface area (Å²) in [5.74, 6) is 0. The summed E-state index contributed by atoms with van der Waals surface area (Å²) in [6.07, 6.45) is 0. The number of rotatable bonds is 2. The van der Waals surface area contributed by atoms with Crippen LogP contribution in [0.25, 0.3) is 10.2 Å². The first-order valence-electron chi connectivity index (χ1n) is 5.42. The van der Waals surface area contributed by atoms with Crippen LogP contribution in [-0.4, -0.2) is 4.57 Å². The van der Waals surface area contributed by atoms with Gasteiger partial charge in [0.15, 0.2) is 0 Å². The Balaban J connectivity index is 2.06. The Labute approximate surface area is 99.0 Å². The molecule has 2 heterocycles. The van der Waals surface area contributed by atoms with Crippen molar-refractivity contribution in [2.45, 2.75) is 13.5 Å². The van der Waals surface area contributed by atoms with Gasteiger partial charge in [-0.25, -0.2) is 0 Å². The smallest absolute Gasteiger partial charge is 0.0595 e. The zero-order valence-electron chi connectivity index (χ0n) is 9.18. The van der Waals surface area contributed by atoms with Gasteiger partial charge in [-0.2, -0.15) is 0 Å². The maximum absolute atomic E-state index is 2.38. The van der Waals surface area contributed by atoms with E-state index in [4.69, 9.17) is 0 Å². The summed E-state index contributed by atoms with van der Waals surface area (Å²) >= 11 is 1.81. The molecule has 0 amide bonds. The largest absolute Gasteiger partial charge is 0.340 e. The Kier molecular flexibility index (Phi) is 2.29. The first-order valence-corrected chi connectivity index (χ1v) is 6.30. The van der Waals surface area contributed by atoms with Crippen LogP contribution < -0.4 is 0 Å². The fourth-order valence-electron chi connectivity index (χ4n) is 2.08. The van der Waals surface area contributed by atoms with Crippen molar-refractivity contribution in [1.29, 1.82) is 0 Å². The van der Waals surface area contributed by atoms with Crippen LogP contribution >= 0.6 is 11.3 Å². The van der Waals surface area contributed by atoms with Gasteiger partial charge < -0.3 is 4.57 Å². The van der Waals surface area contributed by atoms with Crippen LogP contribution in [-0.2, 0) is 6.54 Å². The van der Waals surface area contributed by atoms with Crippen LogP contribution in [0.5, 0.6) is 0 Å². The van der Waals surface area contributed by atoms with Crippen molar-refractivity contribution in [3.63, 3.8) is 0 Å². The Bertz CT molecular complexity index is 604. The van der Waals surface area contributed by atoms with Crippen LogP contribution in [0.4, 0.5) is 0 Å². The molecule has 1 aromatic carbocycles. The van der Waals surface area contributed by atoms with Gasteiger partial charge in [0.25, 0.3) is 0 Å². The second-order valence-electron chi connectivity index (χ2n) is 4.03. The number of nitrogens with zero attached hydrogens (tertiary/aromatic N) is 1. The lowest BCUT2D eigenvalue weighted by Gasteiger charge is -2.07. The SMILES string of the molecule is Cc1cc2sccc2n1Cc1ccccc1. The van der Waals surface area contributed by atoms with Crippen LogP contribution in [0.1, 0.15) is 11.3 Å². The van der Waals surface area contributed by atoms with Crippen molar-refractivity contribution >= 4 is 21.6 Å². The fourth-order valence-corrected chi connectivity index (χ4v) is 2.96. The molecule has 80 valence electrons. The van der Waals surface area contributed by atoms with Crippen molar-refractivity contribution in [3.8, 4) is 0 Å². The van der Waals surface area contributed by atoms with Crippen LogP contribution in [0.2, 0.25) is 0 Å². The maximum atomic E-state index is 2.38. The van der Waals surface area contributed by atoms with Gasteiger partial charge in [0.05, 0.1) is 10.2 Å². The molecule has 2 aromatic heterocycles. The van der Waals surface area contributed by atoms with Crippen molar-refractivity contribution < 1.29 is 0 Å². The van der Waals surface area contributed by atoms with E-state index >= 15 is 0 Å². The predicted octanol–water partition coefficient (Wildman–Crippen LogP) is 4.06. The molecule has 0 fully saturated rings. The lowest BCUT2D eigenvalue weighted by Crippen LogP contribution is -2.00. The Morgan fingerprint density at radius 3 is 2.75 bits per heavy atom. The van der Waals surface area contributed by atoms with Crippen molar-refractivity contribution in [2.24, 2.45) is 0 Å². The van der Waals surface area contributed by atoms with E-state index in [-0.39, 0.29) is 0 Å². The average Bonchev–Trinajstić information content (AvgIpc) is 2.84. The molecule has 0 spiro atoms. The van der Waals surface area contributed by atoms with Crippen molar-refractivity contribution in [1.82, 2.24) is 4.57 Å². The molecule has 1 nitrogen and oxygen atoms in total. The molecule has 3 aromatic rings. The molecule has 0 radical (unpaired) electrons. The molecule has 2 heteroatoms. The normalized spacial score (nSPS) is 11.1. The van der Waals surface area contributed by atoms with Gasteiger partial charge >= 0.3 is 0 Å². The summed E-state index contributed by atoms with van der Waals surface area (Å²) in [7, 11) is 0. The number of hydrogen-bond donors (Lipinski definition) is 0. The van der Waals surface area contributed by atoms with Crippen LogP contribution in [0.15, 0.2) is 47.8 Å². The van der Waals surface area contributed by atoms with E-state index in [1.54, 1.807) is 0 Å². The number of benzene rings is 1. The molecule has 0 aliphatic rings. The number of aromatic nitrogens is 1. The molecule has 0 bridgehead atoms. The lowest BCUT2D eigenvalue weighted by atomic mass is 10.2. The summed E-state index contributed by atoms with van der Waals surface area (Å²) in [6.45, 7) is 3.14. The second kappa shape index (κ2) is 3.80. The second-order valence-corrected chi connectivity index (χ2v) is 4.98. The first kappa shape index (κ1) is 9.67. The predicted molar refractivity (Wildman–Crippen MR) is 70.1 cm³/mol. The minimum Gasteiger partial charge on any atom is -0.340 e. The Hall–Kier alpha value is -1.54. The van der Waals surface area contributed by atoms with Gasteiger partial charge in [0.1, 0.15) is 0 Å². The molecule has 0 aliphatic heterocycles. The third-order valence-corrected chi connectivity index (χ3v) is 3.77. The van der Waals surface area contributed by atoms with Crippen molar-refractivity contribution in [2.75, 3.05) is 0 Å². The summed E-state index contributed by atoms with van der Waals surface area (Å²) in [4.78, 5) is 0. The van der Waals surface area contributed by atoms with E-state index in [1.807, 2.05) is 11.3 Å². The minimum atomic E-state index is 0.965. The molecule has 0 atom stereocenters. The van der Waals surface area contributed by atoms with E-state index in [1.165, 1.54) is 21.5 Å². The first-order chi connectivity index (χ1) is 7.84. The summed E-state index contributed by atoms with van der Waals surface area (Å²) < 4.78 is 3.76. The van der Waals surface area contributed by atoms with Crippen LogP contribution in [0, 0.1) is 6.92 Å². The standard InChI is InChI=1S/C14H13NS/c1-11-9-14-13(7-8-16-14)15(11)10-12-5-3-2-4-6-12/h2-9H,10H2,1H3. The van der Waals surface area contributed by atoms with Crippen LogP contribution in [0.3, 0.4) is 0 Å². The summed E-state index contributed by atoms with van der Waals surface area (Å²) in [6, 6.07) is 15.1. The minimum absolute atomic E-state index is 0.965. The molecule has 16 heavy (non-hydrogen) atoms. The molecule has 0 saturated carbocycles. The van der Waals surface area contributed by atoms with Gasteiger partial charge in [-0.3, -0.25) is 0 Å². The third-order valence-electron chi connectivity index (χ3n) is 2.91. The zero-order chi connectivity index (χ0) is 11.0. The number of fused-ring (bicyclic) bond motifs is 1. The fraction of sp³-hybridized carbons (Fsp3) is 0.143. The Morgan fingerprint density at radius 1 is 1.12 bits per heavy atom. The quantitative estimate of drug-likeness (QED) is 0.622. The highest BCUT2D eigenvalue weighted by atomic mass is 32.1. The molecule has 0 aliphatic carbocycles. The molecular formula is C14H13NS. The van der Waals surface area contributed by atoms with Gasteiger partial charge in [-0.05, 0) is 30.0 Å². The summed E-state index contributed by atoms with van der Waals surface area (Å²) in [5, 5.41) is 2.16. The molecule has 0 saturated heterocycles. The highest BCUT2D eigenvalue weighted by molar-refractivity contribution is 7.17. The number of hydrogen-bond acceptors (Lipinski definition) is 1. The number of aryl methyl sites for hydroxylation is 1. The van der Waals surface area contributed by atoms with E-state index in [2.05, 4.69) is 59.3 Å². The molecule has 0 N–H and O–H groups in total. The van der Waals surface area contributed by atoms with Crippen molar-refractivity contribution in [3.05, 3.63) is 59.1 Å². The zero-order valence-corrected chi connectivity index (χ0v) is 10.00. The average molecular weight is 227 g/mol. The van der Waals surface area contributed by atoms with E-state index in [9.17, 15) is 0 Å². The van der Waals surface area contributed by atoms with Gasteiger partial charge in [-0.1, -0.05) is 30.3 Å². The highest BCUT2D eigenvalue weighted by Gasteiger charge is 2.06. The molecule has 3 rings (SSSR count). The highest BCUT2D eigenvalue weighted by Crippen LogP contribution is 2.25. The van der Waals surface area contributed by atoms with Gasteiger partial charge in [0, 0.05) is 12.2 Å². The lowest BCUT2D eigenvalue weighted by molar-refractivity contribution is 0.805. The van der Waals surface area contributed by atoms with E-state index in [0.717, 1.165) is 6.54 Å². The topological polar surface area (TPSA) is 4.93 Å². The number of thiophene rings is 1. The van der Waals surface area contributed by atoms with Gasteiger partial charge in [0.2, 0.25) is 0 Å². The molecule has 0 unspecified atom stereocenters. The monoisotopic (exact) mass is 227 g/mol. The third kappa shape index (κ3) is 1.55. The molecular weight excluding hydrogens is 214 g/mol. The van der Waals surface area contributed by atoms with Gasteiger partial charge in [-0.15, -0.1) is 11.3 Å². The maximum Gasteiger partial charge on any atom is 0.0595 e. The van der Waals surface area contributed by atoms with E-state index in [0.29, 0.717) is 0 Å². The summed E-state index contributed by atoms with van der Waals surface area (Å²) in [5.41, 5.74) is 4.05.